The SMILES string of the molecule is OC1=c2cc(Cl)ccc2=C2C=CC=C12. The highest BCUT2D eigenvalue weighted by molar-refractivity contribution is 6.30. The first-order valence-electron chi connectivity index (χ1n) is 4.39. The minimum Gasteiger partial charge on any atom is -0.507 e. The van der Waals surface area contributed by atoms with Crippen molar-refractivity contribution in [2.75, 3.05) is 0 Å². The second kappa shape index (κ2) is 2.52. The number of allylic oxidation sites excluding steroid dienone is 3. The Morgan fingerprint density at radius 1 is 1.14 bits per heavy atom. The molecule has 1 N–H and O–H groups in total. The summed E-state index contributed by atoms with van der Waals surface area (Å²) in [5.74, 6) is 0.336. The molecule has 0 saturated carbocycles. The molecule has 1 nitrogen and oxygen atoms in total. The fourth-order valence-corrected chi connectivity index (χ4v) is 2.13. The van der Waals surface area contributed by atoms with Crippen molar-refractivity contribution in [3.05, 3.63) is 57.5 Å². The normalized spacial score (nSPS) is 17.1. The van der Waals surface area contributed by atoms with Crippen LogP contribution in [0.4, 0.5) is 0 Å². The van der Waals surface area contributed by atoms with Gasteiger partial charge in [0.2, 0.25) is 0 Å². The molecule has 2 heteroatoms. The Labute approximate surface area is 85.9 Å². The van der Waals surface area contributed by atoms with Gasteiger partial charge in [0.05, 0.1) is 0 Å². The maximum Gasteiger partial charge on any atom is 0.131 e. The van der Waals surface area contributed by atoms with E-state index in [0.29, 0.717) is 10.8 Å². The van der Waals surface area contributed by atoms with Crippen LogP contribution in [0.2, 0.25) is 5.02 Å². The molecule has 1 aromatic rings. The highest BCUT2D eigenvalue weighted by Gasteiger charge is 2.19. The third-order valence-corrected chi connectivity index (χ3v) is 2.83. The average Bonchev–Trinajstić information content (AvgIpc) is 2.72. The molecule has 0 amide bonds. The Balaban J connectivity index is 2.57. The minimum absolute atomic E-state index is 0.336. The van der Waals surface area contributed by atoms with E-state index in [0.717, 1.165) is 21.6 Å². The number of hydrogen-bond donors (Lipinski definition) is 1. The zero-order valence-corrected chi connectivity index (χ0v) is 8.05. The van der Waals surface area contributed by atoms with Gasteiger partial charge in [0.15, 0.2) is 0 Å². The van der Waals surface area contributed by atoms with Crippen LogP contribution in [0.25, 0.3) is 11.3 Å². The number of rotatable bonds is 0. The van der Waals surface area contributed by atoms with Gasteiger partial charge in [0, 0.05) is 15.8 Å². The minimum atomic E-state index is 0.336. The topological polar surface area (TPSA) is 20.2 Å². The molecular formula is C12H7ClO. The fourth-order valence-electron chi connectivity index (χ4n) is 1.95. The van der Waals surface area contributed by atoms with Gasteiger partial charge in [0.1, 0.15) is 5.76 Å². The Bertz CT molecular complexity index is 606. The summed E-state index contributed by atoms with van der Waals surface area (Å²) in [6.07, 6.45) is 5.86. The van der Waals surface area contributed by atoms with Gasteiger partial charge in [-0.15, -0.1) is 0 Å². The van der Waals surface area contributed by atoms with Crippen molar-refractivity contribution in [1.29, 1.82) is 0 Å². The number of aliphatic hydroxyl groups is 1. The third kappa shape index (κ3) is 0.851. The molecule has 0 aromatic heterocycles. The van der Waals surface area contributed by atoms with Crippen molar-refractivity contribution in [3.63, 3.8) is 0 Å². The van der Waals surface area contributed by atoms with Crippen LogP contribution in [-0.4, -0.2) is 5.11 Å². The summed E-state index contributed by atoms with van der Waals surface area (Å²) in [7, 11) is 0. The molecule has 1 aromatic carbocycles. The number of hydrogen-bond acceptors (Lipinski definition) is 1. The smallest absolute Gasteiger partial charge is 0.131 e. The predicted molar refractivity (Wildman–Crippen MR) is 57.4 cm³/mol. The molecule has 0 aliphatic heterocycles. The van der Waals surface area contributed by atoms with Gasteiger partial charge in [0.25, 0.3) is 0 Å². The zero-order chi connectivity index (χ0) is 9.71. The quantitative estimate of drug-likeness (QED) is 0.679. The van der Waals surface area contributed by atoms with Crippen LogP contribution in [0.15, 0.2) is 42.0 Å². The first-order valence-corrected chi connectivity index (χ1v) is 4.77. The summed E-state index contributed by atoms with van der Waals surface area (Å²) in [6, 6.07) is 5.59. The second-order valence-electron chi connectivity index (χ2n) is 3.39. The van der Waals surface area contributed by atoms with Gasteiger partial charge < -0.3 is 5.11 Å². The summed E-state index contributed by atoms with van der Waals surface area (Å²) >= 11 is 5.87. The fraction of sp³-hybridized carbons (Fsp3) is 0. The number of halogens is 1. The predicted octanol–water partition coefficient (Wildman–Crippen LogP) is 1.67. The molecule has 68 valence electrons. The van der Waals surface area contributed by atoms with Crippen molar-refractivity contribution in [2.24, 2.45) is 0 Å². The van der Waals surface area contributed by atoms with E-state index < -0.39 is 0 Å². The standard InChI is InChI=1S/C12H7ClO/c13-7-4-5-9-8-2-1-3-10(8)12(14)11(9)6-7/h1-6,14H. The average molecular weight is 203 g/mol. The molecule has 2 aliphatic carbocycles. The van der Waals surface area contributed by atoms with E-state index in [1.165, 1.54) is 0 Å². The van der Waals surface area contributed by atoms with Crippen molar-refractivity contribution >= 4 is 22.9 Å². The Morgan fingerprint density at radius 2 is 2.00 bits per heavy atom. The summed E-state index contributed by atoms with van der Waals surface area (Å²) in [6.45, 7) is 0. The van der Waals surface area contributed by atoms with Gasteiger partial charge in [-0.3, -0.25) is 0 Å². The monoisotopic (exact) mass is 202 g/mol. The van der Waals surface area contributed by atoms with Crippen molar-refractivity contribution in [1.82, 2.24) is 0 Å². The molecule has 0 radical (unpaired) electrons. The van der Waals surface area contributed by atoms with Crippen molar-refractivity contribution in [2.45, 2.75) is 0 Å². The Hall–Kier alpha value is -1.47. The van der Waals surface area contributed by atoms with Crippen molar-refractivity contribution in [3.8, 4) is 0 Å². The van der Waals surface area contributed by atoms with Gasteiger partial charge in [-0.05, 0) is 22.9 Å². The molecule has 0 fully saturated rings. The highest BCUT2D eigenvalue weighted by atomic mass is 35.5. The number of aliphatic hydroxyl groups excluding tert-OH is 1. The lowest BCUT2D eigenvalue weighted by atomic mass is 10.1. The molecule has 14 heavy (non-hydrogen) atoms. The van der Waals surface area contributed by atoms with Crippen molar-refractivity contribution < 1.29 is 5.11 Å². The van der Waals surface area contributed by atoms with Gasteiger partial charge in [-0.1, -0.05) is 35.9 Å². The molecule has 0 saturated heterocycles. The molecule has 0 bridgehead atoms. The third-order valence-electron chi connectivity index (χ3n) is 2.60. The van der Waals surface area contributed by atoms with Gasteiger partial charge in [-0.2, -0.15) is 0 Å². The molecule has 0 spiro atoms. The first-order chi connectivity index (χ1) is 6.77. The van der Waals surface area contributed by atoms with E-state index in [2.05, 4.69) is 0 Å². The van der Waals surface area contributed by atoms with E-state index in [1.54, 1.807) is 6.07 Å². The largest absolute Gasteiger partial charge is 0.507 e. The summed E-state index contributed by atoms with van der Waals surface area (Å²) < 4.78 is 0. The lowest BCUT2D eigenvalue weighted by molar-refractivity contribution is 0.509. The zero-order valence-electron chi connectivity index (χ0n) is 7.29. The summed E-state index contributed by atoms with van der Waals surface area (Å²) in [5.41, 5.74) is 2.00. The van der Waals surface area contributed by atoms with Crippen LogP contribution < -0.4 is 10.4 Å². The first kappa shape index (κ1) is 7.89. The number of benzene rings is 1. The maximum atomic E-state index is 9.90. The van der Waals surface area contributed by atoms with E-state index in [9.17, 15) is 5.11 Å². The lowest BCUT2D eigenvalue weighted by Gasteiger charge is -1.94. The van der Waals surface area contributed by atoms with E-state index in [-0.39, 0.29) is 0 Å². The number of fused-ring (bicyclic) bond motifs is 2. The Kier molecular flexibility index (Phi) is 1.42. The second-order valence-corrected chi connectivity index (χ2v) is 3.83. The summed E-state index contributed by atoms with van der Waals surface area (Å²) in [4.78, 5) is 0. The summed E-state index contributed by atoms with van der Waals surface area (Å²) in [5, 5.41) is 12.5. The van der Waals surface area contributed by atoms with E-state index in [4.69, 9.17) is 11.6 Å². The van der Waals surface area contributed by atoms with E-state index >= 15 is 0 Å². The molecule has 0 heterocycles. The molecule has 3 rings (SSSR count). The van der Waals surface area contributed by atoms with Crippen LogP contribution in [0.1, 0.15) is 0 Å². The van der Waals surface area contributed by atoms with Crippen LogP contribution in [-0.2, 0) is 0 Å². The molecular weight excluding hydrogens is 196 g/mol. The highest BCUT2D eigenvalue weighted by Crippen LogP contribution is 2.26. The Morgan fingerprint density at radius 3 is 2.86 bits per heavy atom. The molecule has 0 unspecified atom stereocenters. The van der Waals surface area contributed by atoms with Crippen LogP contribution >= 0.6 is 11.6 Å². The van der Waals surface area contributed by atoms with Crippen LogP contribution in [0, 0.1) is 0 Å². The van der Waals surface area contributed by atoms with Gasteiger partial charge >= 0.3 is 0 Å². The lowest BCUT2D eigenvalue weighted by Crippen LogP contribution is -2.23. The van der Waals surface area contributed by atoms with Crippen LogP contribution in [0.3, 0.4) is 0 Å². The van der Waals surface area contributed by atoms with Gasteiger partial charge in [-0.25, -0.2) is 0 Å². The molecule has 0 atom stereocenters. The van der Waals surface area contributed by atoms with Crippen LogP contribution in [0.5, 0.6) is 0 Å². The maximum absolute atomic E-state index is 9.90. The van der Waals surface area contributed by atoms with E-state index in [1.807, 2.05) is 30.4 Å². The molecule has 2 aliphatic rings.